The monoisotopic (exact) mass is 197 g/mol. The molecule has 68 valence electrons. The normalized spacial score (nSPS) is 11.1. The molecule has 3 nitrogen and oxygen atoms in total. The van der Waals surface area contributed by atoms with E-state index in [1.54, 1.807) is 24.3 Å². The summed E-state index contributed by atoms with van der Waals surface area (Å²) >= 11 is 5.54. The molecule has 0 heterocycles. The molecule has 0 saturated carbocycles. The lowest BCUT2D eigenvalue weighted by Gasteiger charge is -1.96. The molecule has 1 rings (SSSR count). The van der Waals surface area contributed by atoms with Crippen LogP contribution in [-0.4, -0.2) is 18.1 Å². The first-order chi connectivity index (χ1) is 6.25. The number of oxime groups is 1. The van der Waals surface area contributed by atoms with Crippen molar-refractivity contribution in [3.63, 3.8) is 0 Å². The second kappa shape index (κ2) is 4.62. The van der Waals surface area contributed by atoms with E-state index >= 15 is 0 Å². The Labute approximate surface area is 81.0 Å². The van der Waals surface area contributed by atoms with Gasteiger partial charge in [0, 0.05) is 5.56 Å². The molecule has 0 atom stereocenters. The van der Waals surface area contributed by atoms with Gasteiger partial charge in [0.1, 0.15) is 7.11 Å². The third kappa shape index (κ3) is 2.56. The Bertz CT molecular complexity index is 322. The minimum Gasteiger partial charge on any atom is -0.398 e. The molecule has 1 aromatic rings. The van der Waals surface area contributed by atoms with Gasteiger partial charge in [-0.15, -0.1) is 0 Å². The zero-order valence-corrected chi connectivity index (χ0v) is 7.78. The third-order valence-electron chi connectivity index (χ3n) is 1.39. The number of benzene rings is 1. The van der Waals surface area contributed by atoms with E-state index in [-0.39, 0.29) is 11.0 Å². The van der Waals surface area contributed by atoms with E-state index in [4.69, 9.17) is 11.6 Å². The molecule has 0 fully saturated rings. The van der Waals surface area contributed by atoms with Crippen molar-refractivity contribution in [1.82, 2.24) is 0 Å². The molecule has 0 radical (unpaired) electrons. The third-order valence-corrected chi connectivity index (χ3v) is 1.64. The number of rotatable bonds is 3. The van der Waals surface area contributed by atoms with Crippen molar-refractivity contribution in [2.24, 2.45) is 5.16 Å². The molecule has 0 bridgehead atoms. The highest BCUT2D eigenvalue weighted by Gasteiger charge is 2.10. The van der Waals surface area contributed by atoms with Crippen molar-refractivity contribution < 1.29 is 9.63 Å². The topological polar surface area (TPSA) is 38.7 Å². The van der Waals surface area contributed by atoms with E-state index < -0.39 is 0 Å². The van der Waals surface area contributed by atoms with Gasteiger partial charge in [-0.2, -0.15) is 0 Å². The number of ketones is 1. The predicted octanol–water partition coefficient (Wildman–Crippen LogP) is 2.07. The number of hydrogen-bond acceptors (Lipinski definition) is 3. The van der Waals surface area contributed by atoms with E-state index in [2.05, 4.69) is 9.99 Å². The Morgan fingerprint density at radius 2 is 2.00 bits per heavy atom. The summed E-state index contributed by atoms with van der Waals surface area (Å²) in [5, 5.41) is 3.16. The summed E-state index contributed by atoms with van der Waals surface area (Å²) < 4.78 is 0. The minimum atomic E-state index is -0.343. The second-order valence-electron chi connectivity index (χ2n) is 2.26. The number of hydrogen-bond donors (Lipinski definition) is 0. The van der Waals surface area contributed by atoms with Crippen molar-refractivity contribution in [1.29, 1.82) is 0 Å². The van der Waals surface area contributed by atoms with Crippen LogP contribution >= 0.6 is 11.6 Å². The second-order valence-corrected chi connectivity index (χ2v) is 2.62. The zero-order valence-electron chi connectivity index (χ0n) is 7.03. The predicted molar refractivity (Wildman–Crippen MR) is 51.1 cm³/mol. The first kappa shape index (κ1) is 9.74. The van der Waals surface area contributed by atoms with Gasteiger partial charge in [0.05, 0.1) is 0 Å². The number of carbonyl (C=O) groups is 1. The summed E-state index contributed by atoms with van der Waals surface area (Å²) in [4.78, 5) is 15.8. The van der Waals surface area contributed by atoms with Crippen molar-refractivity contribution >= 4 is 22.6 Å². The molecule has 0 aromatic heterocycles. The first-order valence-corrected chi connectivity index (χ1v) is 4.00. The Balaban J connectivity index is 2.86. The fourth-order valence-corrected chi connectivity index (χ4v) is 1.01. The standard InChI is InChI=1S/C9H8ClNO2/c1-13-11-9(10)8(12)7-5-3-2-4-6-7/h2-6H,1H3/b11-9-. The Morgan fingerprint density at radius 3 is 2.54 bits per heavy atom. The quantitative estimate of drug-likeness (QED) is 0.423. The van der Waals surface area contributed by atoms with Crippen molar-refractivity contribution in [3.8, 4) is 0 Å². The first-order valence-electron chi connectivity index (χ1n) is 3.62. The molecule has 0 N–H and O–H groups in total. The molecule has 0 amide bonds. The van der Waals surface area contributed by atoms with Crippen LogP contribution in [0, 0.1) is 0 Å². The maximum Gasteiger partial charge on any atom is 0.226 e. The molecule has 0 saturated heterocycles. The summed E-state index contributed by atoms with van der Waals surface area (Å²) in [5.74, 6) is -0.343. The number of carbonyl (C=O) groups excluding carboxylic acids is 1. The smallest absolute Gasteiger partial charge is 0.226 e. The van der Waals surface area contributed by atoms with Gasteiger partial charge in [-0.25, -0.2) is 0 Å². The lowest BCUT2D eigenvalue weighted by Crippen LogP contribution is -2.07. The number of Topliss-reactive ketones (excluding diaryl/α,β-unsaturated/α-hetero) is 1. The summed E-state index contributed by atoms with van der Waals surface area (Å²) in [6, 6.07) is 8.65. The molecule has 4 heteroatoms. The maximum atomic E-state index is 11.4. The van der Waals surface area contributed by atoms with Crippen LogP contribution in [0.1, 0.15) is 10.4 Å². The van der Waals surface area contributed by atoms with Crippen molar-refractivity contribution in [2.45, 2.75) is 0 Å². The molecule has 0 aliphatic carbocycles. The average Bonchev–Trinajstić information content (AvgIpc) is 2.18. The lowest BCUT2D eigenvalue weighted by atomic mass is 10.1. The van der Waals surface area contributed by atoms with E-state index in [0.717, 1.165) is 0 Å². The molecule has 0 aliphatic rings. The van der Waals surface area contributed by atoms with Gasteiger partial charge in [-0.1, -0.05) is 47.1 Å². The van der Waals surface area contributed by atoms with Gasteiger partial charge in [0.25, 0.3) is 0 Å². The molecular formula is C9H8ClNO2. The highest BCUT2D eigenvalue weighted by atomic mass is 35.5. The summed E-state index contributed by atoms with van der Waals surface area (Å²) in [6.07, 6.45) is 0. The van der Waals surface area contributed by atoms with Gasteiger partial charge in [0.15, 0.2) is 0 Å². The maximum absolute atomic E-state index is 11.4. The van der Waals surface area contributed by atoms with Crippen LogP contribution in [0.25, 0.3) is 0 Å². The van der Waals surface area contributed by atoms with Crippen LogP contribution in [0.15, 0.2) is 35.5 Å². The SMILES string of the molecule is CO/N=C(\Cl)C(=O)c1ccccc1. The van der Waals surface area contributed by atoms with Gasteiger partial charge < -0.3 is 4.84 Å². The fraction of sp³-hybridized carbons (Fsp3) is 0.111. The highest BCUT2D eigenvalue weighted by Crippen LogP contribution is 2.03. The van der Waals surface area contributed by atoms with Crippen molar-refractivity contribution in [3.05, 3.63) is 35.9 Å². The van der Waals surface area contributed by atoms with Crippen LogP contribution in [0.2, 0.25) is 0 Å². The minimum absolute atomic E-state index is 0.172. The van der Waals surface area contributed by atoms with E-state index in [1.165, 1.54) is 7.11 Å². The molecular weight excluding hydrogens is 190 g/mol. The van der Waals surface area contributed by atoms with Crippen LogP contribution in [-0.2, 0) is 4.84 Å². The van der Waals surface area contributed by atoms with Crippen LogP contribution < -0.4 is 0 Å². The van der Waals surface area contributed by atoms with E-state index in [9.17, 15) is 4.79 Å². The zero-order chi connectivity index (χ0) is 9.68. The van der Waals surface area contributed by atoms with Crippen LogP contribution in [0.4, 0.5) is 0 Å². The Kier molecular flexibility index (Phi) is 3.46. The van der Waals surface area contributed by atoms with Gasteiger partial charge in [0.2, 0.25) is 11.0 Å². The lowest BCUT2D eigenvalue weighted by molar-refractivity contribution is 0.106. The largest absolute Gasteiger partial charge is 0.398 e. The molecule has 1 aromatic carbocycles. The Morgan fingerprint density at radius 1 is 1.38 bits per heavy atom. The molecule has 0 aliphatic heterocycles. The molecule has 13 heavy (non-hydrogen) atoms. The highest BCUT2D eigenvalue weighted by molar-refractivity contribution is 6.84. The Hall–Kier alpha value is -1.35. The van der Waals surface area contributed by atoms with Gasteiger partial charge >= 0.3 is 0 Å². The van der Waals surface area contributed by atoms with Gasteiger partial charge in [-0.3, -0.25) is 4.79 Å². The van der Waals surface area contributed by atoms with Gasteiger partial charge in [-0.05, 0) is 0 Å². The number of nitrogens with zero attached hydrogens (tertiary/aromatic N) is 1. The van der Waals surface area contributed by atoms with Crippen LogP contribution in [0.5, 0.6) is 0 Å². The summed E-state index contributed by atoms with van der Waals surface area (Å²) in [6.45, 7) is 0. The van der Waals surface area contributed by atoms with E-state index in [0.29, 0.717) is 5.56 Å². The van der Waals surface area contributed by atoms with E-state index in [1.807, 2.05) is 6.07 Å². The molecule has 0 spiro atoms. The summed E-state index contributed by atoms with van der Waals surface area (Å²) in [5.41, 5.74) is 0.494. The average molecular weight is 198 g/mol. The number of halogens is 1. The fourth-order valence-electron chi connectivity index (χ4n) is 0.830. The summed E-state index contributed by atoms with van der Waals surface area (Å²) in [7, 11) is 1.33. The van der Waals surface area contributed by atoms with Crippen molar-refractivity contribution in [2.75, 3.05) is 7.11 Å². The molecule has 0 unspecified atom stereocenters. The van der Waals surface area contributed by atoms with Crippen LogP contribution in [0.3, 0.4) is 0 Å².